The second-order valence-electron chi connectivity index (χ2n) is 4.30. The summed E-state index contributed by atoms with van der Waals surface area (Å²) in [6.45, 7) is 9.36. The fraction of sp³-hybridized carbons (Fsp3) is 0.833. The van der Waals surface area contributed by atoms with E-state index in [9.17, 15) is 9.59 Å². The number of aliphatic hydroxyl groups excluding tert-OH is 1. The summed E-state index contributed by atoms with van der Waals surface area (Å²) in [5, 5.41) is 8.84. The molecule has 0 aliphatic rings. The zero-order valence-electron chi connectivity index (χ0n) is 12.0. The molecule has 2 radical (unpaired) electrons. The third-order valence-electron chi connectivity index (χ3n) is 1.73. The van der Waals surface area contributed by atoms with Crippen LogP contribution in [-0.4, -0.2) is 58.5 Å². The van der Waals surface area contributed by atoms with E-state index < -0.39 is 18.0 Å². The first-order chi connectivity index (χ1) is 8.24. The number of carbonyl (C=O) groups is 2. The number of ether oxygens (including phenoxy) is 2. The molecule has 0 fully saturated rings. The SMILES string of the molecule is COC(=O)CC(O)C(=O)OC.C[CH](C)[Sn][CH](C)C. The maximum atomic E-state index is 10.5. The van der Waals surface area contributed by atoms with Crippen LogP contribution in [-0.2, 0) is 19.1 Å². The number of hydrogen-bond acceptors (Lipinski definition) is 5. The Morgan fingerprint density at radius 1 is 1.06 bits per heavy atom. The van der Waals surface area contributed by atoms with Crippen molar-refractivity contribution in [2.75, 3.05) is 14.2 Å². The molecule has 6 heteroatoms. The van der Waals surface area contributed by atoms with Crippen LogP contribution in [0.1, 0.15) is 34.1 Å². The summed E-state index contributed by atoms with van der Waals surface area (Å²) in [6, 6.07) is 0. The third-order valence-corrected chi connectivity index (χ3v) is 5.53. The van der Waals surface area contributed by atoms with Crippen LogP contribution >= 0.6 is 0 Å². The molecule has 0 saturated carbocycles. The van der Waals surface area contributed by atoms with Crippen LogP contribution in [0.5, 0.6) is 0 Å². The van der Waals surface area contributed by atoms with E-state index >= 15 is 0 Å². The predicted octanol–water partition coefficient (Wildman–Crippen LogP) is 1.43. The van der Waals surface area contributed by atoms with E-state index in [1.807, 2.05) is 0 Å². The molecule has 5 nitrogen and oxygen atoms in total. The van der Waals surface area contributed by atoms with Crippen LogP contribution in [0, 0.1) is 0 Å². The van der Waals surface area contributed by atoms with E-state index in [1.54, 1.807) is 0 Å². The van der Waals surface area contributed by atoms with Gasteiger partial charge in [-0.15, -0.1) is 0 Å². The molecule has 18 heavy (non-hydrogen) atoms. The van der Waals surface area contributed by atoms with Crippen molar-refractivity contribution in [3.8, 4) is 0 Å². The predicted molar refractivity (Wildman–Crippen MR) is 70.6 cm³/mol. The zero-order chi connectivity index (χ0) is 14.7. The fourth-order valence-electron chi connectivity index (χ4n) is 1.13. The van der Waals surface area contributed by atoms with Crippen molar-refractivity contribution < 1.29 is 24.2 Å². The van der Waals surface area contributed by atoms with Gasteiger partial charge < -0.3 is 14.6 Å². The molecule has 0 saturated heterocycles. The summed E-state index contributed by atoms with van der Waals surface area (Å²) in [7, 11) is 2.30. The second kappa shape index (κ2) is 11.8. The monoisotopic (exact) mass is 368 g/mol. The molecule has 0 bridgehead atoms. The molecule has 0 aromatic carbocycles. The van der Waals surface area contributed by atoms with Gasteiger partial charge in [-0.05, 0) is 0 Å². The van der Waals surface area contributed by atoms with Crippen molar-refractivity contribution in [1.29, 1.82) is 0 Å². The summed E-state index contributed by atoms with van der Waals surface area (Å²) in [5.74, 6) is -1.49. The molecule has 1 unspecified atom stereocenters. The first-order valence-electron chi connectivity index (χ1n) is 5.83. The molecule has 0 aromatic heterocycles. The van der Waals surface area contributed by atoms with Crippen LogP contribution in [0.2, 0.25) is 7.87 Å². The van der Waals surface area contributed by atoms with Crippen molar-refractivity contribution in [2.45, 2.75) is 48.1 Å². The van der Waals surface area contributed by atoms with E-state index in [0.717, 1.165) is 15.0 Å². The van der Waals surface area contributed by atoms with Crippen molar-refractivity contribution in [3.05, 3.63) is 0 Å². The summed E-state index contributed by atoms with van der Waals surface area (Å²) in [6.07, 6.45) is -1.80. The molecule has 1 N–H and O–H groups in total. The molecular formula is C12H24O5Sn. The van der Waals surface area contributed by atoms with Gasteiger partial charge in [0.05, 0.1) is 20.6 Å². The van der Waals surface area contributed by atoms with Crippen LogP contribution in [0.3, 0.4) is 0 Å². The van der Waals surface area contributed by atoms with Crippen molar-refractivity contribution >= 4 is 33.1 Å². The van der Waals surface area contributed by atoms with Crippen LogP contribution in [0.15, 0.2) is 0 Å². The van der Waals surface area contributed by atoms with Gasteiger partial charge in [-0.2, -0.15) is 0 Å². The number of methoxy groups -OCH3 is 2. The normalized spacial score (nSPS) is 11.6. The van der Waals surface area contributed by atoms with E-state index in [4.69, 9.17) is 5.11 Å². The van der Waals surface area contributed by atoms with Crippen LogP contribution in [0.25, 0.3) is 0 Å². The number of rotatable bonds is 5. The Balaban J connectivity index is 0. The van der Waals surface area contributed by atoms with E-state index in [2.05, 4.69) is 37.2 Å². The molecule has 0 aromatic rings. The molecule has 0 rings (SSSR count). The average Bonchev–Trinajstić information content (AvgIpc) is 2.26. The van der Waals surface area contributed by atoms with Crippen molar-refractivity contribution in [1.82, 2.24) is 0 Å². The molecule has 0 heterocycles. The van der Waals surface area contributed by atoms with Gasteiger partial charge in [-0.3, -0.25) is 4.79 Å². The number of aliphatic hydroxyl groups is 1. The van der Waals surface area contributed by atoms with Crippen LogP contribution < -0.4 is 0 Å². The Labute approximate surface area is 119 Å². The molecule has 106 valence electrons. The zero-order valence-corrected chi connectivity index (χ0v) is 14.9. The number of hydrogen-bond donors (Lipinski definition) is 1. The van der Waals surface area contributed by atoms with Gasteiger partial charge in [0.15, 0.2) is 6.10 Å². The third kappa shape index (κ3) is 13.8. The van der Waals surface area contributed by atoms with Gasteiger partial charge >= 0.3 is 68.6 Å². The minimum atomic E-state index is -1.42. The molecule has 0 aliphatic carbocycles. The molecule has 0 spiro atoms. The average molecular weight is 367 g/mol. The Morgan fingerprint density at radius 2 is 1.50 bits per heavy atom. The quantitative estimate of drug-likeness (QED) is 0.588. The maximum absolute atomic E-state index is 10.5. The number of esters is 2. The molecule has 0 aliphatic heterocycles. The summed E-state index contributed by atoms with van der Waals surface area (Å²) in [4.78, 5) is 20.9. The van der Waals surface area contributed by atoms with Crippen molar-refractivity contribution in [3.63, 3.8) is 0 Å². The molecular weight excluding hydrogens is 343 g/mol. The van der Waals surface area contributed by atoms with Crippen molar-refractivity contribution in [2.24, 2.45) is 0 Å². The summed E-state index contributed by atoms with van der Waals surface area (Å²) < 4.78 is 10.5. The van der Waals surface area contributed by atoms with Gasteiger partial charge in [-0.25, -0.2) is 4.79 Å². The first-order valence-corrected chi connectivity index (χ1v) is 9.12. The Kier molecular flexibility index (Phi) is 13.1. The van der Waals surface area contributed by atoms with E-state index in [1.165, 1.54) is 7.11 Å². The van der Waals surface area contributed by atoms with Gasteiger partial charge in [0.2, 0.25) is 0 Å². The van der Waals surface area contributed by atoms with E-state index in [-0.39, 0.29) is 27.6 Å². The fourth-order valence-corrected chi connectivity index (χ4v) is 4.93. The number of carbonyl (C=O) groups excluding carboxylic acids is 2. The first kappa shape index (κ1) is 20.0. The van der Waals surface area contributed by atoms with Gasteiger partial charge in [-0.1, -0.05) is 0 Å². The Morgan fingerprint density at radius 3 is 1.72 bits per heavy atom. The topological polar surface area (TPSA) is 72.8 Å². The molecule has 1 atom stereocenters. The minimum absolute atomic E-state index is 0.0389. The van der Waals surface area contributed by atoms with Gasteiger partial charge in [0.1, 0.15) is 0 Å². The van der Waals surface area contributed by atoms with Crippen LogP contribution in [0.4, 0.5) is 0 Å². The second-order valence-corrected chi connectivity index (χ2v) is 11.8. The Bertz CT molecular complexity index is 235. The standard InChI is InChI=1S/C6H10O5.2C3H7.Sn/c1-10-5(8)3-4(7)6(9)11-2;2*1-3-2;/h4,7H,3H2,1-2H3;2*3H,1-2H3;. The Hall–Kier alpha value is -0.301. The summed E-state index contributed by atoms with van der Waals surface area (Å²) in [5.41, 5.74) is 0. The summed E-state index contributed by atoms with van der Waals surface area (Å²) >= 11 is 0.0389. The van der Waals surface area contributed by atoms with Gasteiger partial charge in [0, 0.05) is 0 Å². The van der Waals surface area contributed by atoms with Gasteiger partial charge in [0.25, 0.3) is 0 Å². The van der Waals surface area contributed by atoms with E-state index in [0.29, 0.717) is 0 Å². The molecule has 0 amide bonds.